The molecule has 0 aromatic carbocycles. The van der Waals surface area contributed by atoms with Gasteiger partial charge in [0.05, 0.1) is 0 Å². The molecule has 3 rings (SSSR count). The van der Waals surface area contributed by atoms with Crippen LogP contribution in [0, 0.1) is 5.92 Å². The maximum atomic E-state index is 12.2. The Balaban J connectivity index is 1.43. The molecule has 3 heterocycles. The number of hydrogen-bond donors (Lipinski definition) is 2. The van der Waals surface area contributed by atoms with E-state index in [-0.39, 0.29) is 5.91 Å². The molecule has 0 bridgehead atoms. The Morgan fingerprint density at radius 1 is 1.20 bits per heavy atom. The third kappa shape index (κ3) is 4.89. The first-order chi connectivity index (χ1) is 12.2. The van der Waals surface area contributed by atoms with Gasteiger partial charge in [0, 0.05) is 51.7 Å². The number of rotatable bonds is 6. The van der Waals surface area contributed by atoms with Crippen molar-refractivity contribution in [2.75, 3.05) is 30.4 Å². The number of nitrogens with one attached hydrogen (secondary N) is 2. The number of pyridine rings is 1. The Labute approximate surface area is 147 Å². The standard InChI is InChI=1S/C18H24N6O/c1-19-18-21-9-4-16(23-18)24-10-5-14(6-11-24)12-17(25)22-13-15-2-7-20-8-3-15/h2-4,7-9,14H,5-6,10-13H2,1H3,(H,22,25)(H,19,21,23). The molecule has 0 atom stereocenters. The van der Waals surface area contributed by atoms with Crippen LogP contribution in [0.25, 0.3) is 0 Å². The second-order valence-corrected chi connectivity index (χ2v) is 6.26. The molecule has 2 aromatic heterocycles. The van der Waals surface area contributed by atoms with Gasteiger partial charge in [0.15, 0.2) is 0 Å². The quantitative estimate of drug-likeness (QED) is 0.835. The van der Waals surface area contributed by atoms with Crippen molar-refractivity contribution in [2.45, 2.75) is 25.8 Å². The summed E-state index contributed by atoms with van der Waals surface area (Å²) in [6.07, 6.45) is 7.84. The summed E-state index contributed by atoms with van der Waals surface area (Å²) >= 11 is 0. The zero-order chi connectivity index (χ0) is 17.5. The highest BCUT2D eigenvalue weighted by molar-refractivity contribution is 5.76. The number of amides is 1. The third-order valence-electron chi connectivity index (χ3n) is 4.52. The Morgan fingerprint density at radius 3 is 2.68 bits per heavy atom. The molecule has 2 aromatic rings. The predicted octanol–water partition coefficient (Wildman–Crippen LogP) is 1.84. The summed E-state index contributed by atoms with van der Waals surface area (Å²) in [4.78, 5) is 27.0. The monoisotopic (exact) mass is 340 g/mol. The Kier molecular flexibility index (Phi) is 5.77. The summed E-state index contributed by atoms with van der Waals surface area (Å²) in [5, 5.41) is 5.96. The minimum Gasteiger partial charge on any atom is -0.357 e. The molecule has 132 valence electrons. The van der Waals surface area contributed by atoms with Gasteiger partial charge < -0.3 is 15.5 Å². The SMILES string of the molecule is CNc1nccc(N2CCC(CC(=O)NCc3ccncc3)CC2)n1. The lowest BCUT2D eigenvalue weighted by Crippen LogP contribution is -2.36. The van der Waals surface area contributed by atoms with Crippen LogP contribution in [0.1, 0.15) is 24.8 Å². The van der Waals surface area contributed by atoms with Crippen molar-refractivity contribution in [3.05, 3.63) is 42.4 Å². The molecule has 7 nitrogen and oxygen atoms in total. The van der Waals surface area contributed by atoms with Crippen molar-refractivity contribution in [1.82, 2.24) is 20.3 Å². The van der Waals surface area contributed by atoms with Gasteiger partial charge in [0.1, 0.15) is 5.82 Å². The van der Waals surface area contributed by atoms with E-state index in [1.165, 1.54) is 0 Å². The van der Waals surface area contributed by atoms with Crippen LogP contribution in [0.5, 0.6) is 0 Å². The number of nitrogens with zero attached hydrogens (tertiary/aromatic N) is 4. The van der Waals surface area contributed by atoms with Crippen LogP contribution >= 0.6 is 0 Å². The van der Waals surface area contributed by atoms with Gasteiger partial charge in [-0.25, -0.2) is 4.98 Å². The lowest BCUT2D eigenvalue weighted by molar-refractivity contribution is -0.122. The van der Waals surface area contributed by atoms with E-state index in [0.717, 1.165) is 37.3 Å². The van der Waals surface area contributed by atoms with Gasteiger partial charge in [-0.2, -0.15) is 4.98 Å². The Morgan fingerprint density at radius 2 is 1.96 bits per heavy atom. The highest BCUT2D eigenvalue weighted by Gasteiger charge is 2.22. The second kappa shape index (κ2) is 8.41. The van der Waals surface area contributed by atoms with Crippen molar-refractivity contribution >= 4 is 17.7 Å². The Hall–Kier alpha value is -2.70. The van der Waals surface area contributed by atoms with E-state index >= 15 is 0 Å². The van der Waals surface area contributed by atoms with Crippen molar-refractivity contribution < 1.29 is 4.79 Å². The molecule has 0 aliphatic carbocycles. The van der Waals surface area contributed by atoms with Gasteiger partial charge in [0.25, 0.3) is 0 Å². The second-order valence-electron chi connectivity index (χ2n) is 6.26. The van der Waals surface area contributed by atoms with Crippen molar-refractivity contribution in [3.63, 3.8) is 0 Å². The maximum absolute atomic E-state index is 12.2. The van der Waals surface area contributed by atoms with Crippen LogP contribution in [0.3, 0.4) is 0 Å². The summed E-state index contributed by atoms with van der Waals surface area (Å²) < 4.78 is 0. The normalized spacial score (nSPS) is 15.0. The van der Waals surface area contributed by atoms with E-state index in [1.54, 1.807) is 18.6 Å². The number of carbonyl (C=O) groups excluding carboxylic acids is 1. The molecule has 1 aliphatic rings. The lowest BCUT2D eigenvalue weighted by atomic mass is 9.93. The number of anilines is 2. The van der Waals surface area contributed by atoms with E-state index in [9.17, 15) is 4.79 Å². The molecule has 0 unspecified atom stereocenters. The summed E-state index contributed by atoms with van der Waals surface area (Å²) in [6, 6.07) is 5.77. The fourth-order valence-electron chi connectivity index (χ4n) is 3.05. The molecule has 1 amide bonds. The Bertz CT molecular complexity index is 685. The first-order valence-corrected chi connectivity index (χ1v) is 8.66. The third-order valence-corrected chi connectivity index (χ3v) is 4.52. The summed E-state index contributed by atoms with van der Waals surface area (Å²) in [5.41, 5.74) is 1.07. The zero-order valence-electron chi connectivity index (χ0n) is 14.5. The van der Waals surface area contributed by atoms with Gasteiger partial charge in [-0.1, -0.05) is 0 Å². The van der Waals surface area contributed by atoms with Crippen molar-refractivity contribution in [3.8, 4) is 0 Å². The minimum atomic E-state index is 0.120. The molecule has 1 fully saturated rings. The van der Waals surface area contributed by atoms with Crippen molar-refractivity contribution in [2.24, 2.45) is 5.92 Å². The molecule has 0 spiro atoms. The number of piperidine rings is 1. The molecule has 0 saturated carbocycles. The van der Waals surface area contributed by atoms with Gasteiger partial charge in [0.2, 0.25) is 11.9 Å². The largest absolute Gasteiger partial charge is 0.357 e. The topological polar surface area (TPSA) is 83.0 Å². The van der Waals surface area contributed by atoms with Crippen LogP contribution < -0.4 is 15.5 Å². The number of hydrogen-bond acceptors (Lipinski definition) is 6. The average molecular weight is 340 g/mol. The first kappa shape index (κ1) is 17.1. The van der Waals surface area contributed by atoms with E-state index in [0.29, 0.717) is 24.8 Å². The van der Waals surface area contributed by atoms with Crippen LogP contribution in [0.15, 0.2) is 36.8 Å². The maximum Gasteiger partial charge on any atom is 0.224 e. The average Bonchev–Trinajstić information content (AvgIpc) is 2.68. The van der Waals surface area contributed by atoms with Gasteiger partial charge in [-0.3, -0.25) is 9.78 Å². The fraction of sp³-hybridized carbons (Fsp3) is 0.444. The van der Waals surface area contributed by atoms with Crippen LogP contribution in [0.4, 0.5) is 11.8 Å². The summed E-state index contributed by atoms with van der Waals surface area (Å²) in [5.74, 6) is 2.13. The minimum absolute atomic E-state index is 0.120. The van der Waals surface area contributed by atoms with Crippen LogP contribution in [-0.4, -0.2) is 41.0 Å². The highest BCUT2D eigenvalue weighted by Crippen LogP contribution is 2.24. The molecule has 1 aliphatic heterocycles. The van der Waals surface area contributed by atoms with E-state index in [4.69, 9.17) is 0 Å². The van der Waals surface area contributed by atoms with E-state index in [1.807, 2.05) is 25.2 Å². The highest BCUT2D eigenvalue weighted by atomic mass is 16.1. The van der Waals surface area contributed by atoms with Crippen molar-refractivity contribution in [1.29, 1.82) is 0 Å². The number of carbonyl (C=O) groups is 1. The zero-order valence-corrected chi connectivity index (χ0v) is 14.5. The van der Waals surface area contributed by atoms with E-state index < -0.39 is 0 Å². The molecular weight excluding hydrogens is 316 g/mol. The fourth-order valence-corrected chi connectivity index (χ4v) is 3.05. The van der Waals surface area contributed by atoms with Crippen LogP contribution in [-0.2, 0) is 11.3 Å². The van der Waals surface area contributed by atoms with Gasteiger partial charge in [-0.15, -0.1) is 0 Å². The van der Waals surface area contributed by atoms with Crippen LogP contribution in [0.2, 0.25) is 0 Å². The molecule has 0 radical (unpaired) electrons. The predicted molar refractivity (Wildman–Crippen MR) is 97.2 cm³/mol. The molecular formula is C18H24N6O. The summed E-state index contributed by atoms with van der Waals surface area (Å²) in [6.45, 7) is 2.40. The molecule has 2 N–H and O–H groups in total. The summed E-state index contributed by atoms with van der Waals surface area (Å²) in [7, 11) is 1.82. The molecule has 25 heavy (non-hydrogen) atoms. The number of aromatic nitrogens is 3. The smallest absolute Gasteiger partial charge is 0.224 e. The molecule has 1 saturated heterocycles. The van der Waals surface area contributed by atoms with Gasteiger partial charge in [-0.05, 0) is 42.5 Å². The van der Waals surface area contributed by atoms with Gasteiger partial charge >= 0.3 is 0 Å². The molecule has 7 heteroatoms. The first-order valence-electron chi connectivity index (χ1n) is 8.66. The lowest BCUT2D eigenvalue weighted by Gasteiger charge is -2.32. The van der Waals surface area contributed by atoms with E-state index in [2.05, 4.69) is 30.5 Å².